The summed E-state index contributed by atoms with van der Waals surface area (Å²) in [6.45, 7) is 5.68. The molecule has 0 aromatic heterocycles. The highest BCUT2D eigenvalue weighted by molar-refractivity contribution is 5.94. The van der Waals surface area contributed by atoms with E-state index in [0.717, 1.165) is 11.1 Å². The van der Waals surface area contributed by atoms with Gasteiger partial charge < -0.3 is 11.1 Å². The average Bonchev–Trinajstić information content (AvgIpc) is 2.43. The van der Waals surface area contributed by atoms with E-state index in [4.69, 9.17) is 5.73 Å². The Labute approximate surface area is 124 Å². The van der Waals surface area contributed by atoms with Gasteiger partial charge in [0.05, 0.1) is 0 Å². The first-order valence-corrected chi connectivity index (χ1v) is 6.81. The van der Waals surface area contributed by atoms with Gasteiger partial charge in [-0.2, -0.15) is 0 Å². The summed E-state index contributed by atoms with van der Waals surface area (Å²) in [5, 5.41) is 3.24. The first-order valence-electron chi connectivity index (χ1n) is 6.81. The Balaban J connectivity index is 2.32. The summed E-state index contributed by atoms with van der Waals surface area (Å²) in [4.78, 5) is 11.2. The number of benzene rings is 2. The van der Waals surface area contributed by atoms with Crippen molar-refractivity contribution in [2.75, 3.05) is 5.32 Å². The number of primary amides is 1. The third-order valence-corrected chi connectivity index (χ3v) is 3.54. The number of rotatable bonds is 4. The molecule has 4 heteroatoms. The van der Waals surface area contributed by atoms with Gasteiger partial charge in [0.2, 0.25) is 5.91 Å². The monoisotopic (exact) mass is 286 g/mol. The van der Waals surface area contributed by atoms with E-state index >= 15 is 0 Å². The summed E-state index contributed by atoms with van der Waals surface area (Å²) in [6.07, 6.45) is 0. The van der Waals surface area contributed by atoms with Crippen molar-refractivity contribution < 1.29 is 9.18 Å². The summed E-state index contributed by atoms with van der Waals surface area (Å²) in [5.74, 6) is -1.08. The summed E-state index contributed by atoms with van der Waals surface area (Å²) in [5.41, 5.74) is 8.71. The van der Waals surface area contributed by atoms with Crippen molar-refractivity contribution in [2.24, 2.45) is 5.73 Å². The molecule has 0 saturated carbocycles. The van der Waals surface area contributed by atoms with Crippen LogP contribution in [0.15, 0.2) is 36.4 Å². The molecular formula is C17H19FN2O. The third-order valence-electron chi connectivity index (χ3n) is 3.54. The third kappa shape index (κ3) is 3.40. The number of carbonyl (C=O) groups excluding carboxylic acids is 1. The molecule has 2 aromatic rings. The van der Waals surface area contributed by atoms with Crippen molar-refractivity contribution in [2.45, 2.75) is 26.8 Å². The van der Waals surface area contributed by atoms with Crippen LogP contribution in [0.2, 0.25) is 0 Å². The van der Waals surface area contributed by atoms with Crippen LogP contribution < -0.4 is 11.1 Å². The Kier molecular flexibility index (Phi) is 4.26. The maximum absolute atomic E-state index is 13.9. The fourth-order valence-corrected chi connectivity index (χ4v) is 2.23. The average molecular weight is 286 g/mol. The van der Waals surface area contributed by atoms with Gasteiger partial charge in [0, 0.05) is 22.9 Å². The van der Waals surface area contributed by atoms with E-state index in [1.54, 1.807) is 13.0 Å². The van der Waals surface area contributed by atoms with Crippen LogP contribution in [0.1, 0.15) is 40.0 Å². The highest BCUT2D eigenvalue weighted by Gasteiger charge is 2.13. The van der Waals surface area contributed by atoms with Crippen molar-refractivity contribution >= 4 is 11.6 Å². The minimum atomic E-state index is -0.639. The fourth-order valence-electron chi connectivity index (χ4n) is 2.23. The molecule has 0 heterocycles. The maximum atomic E-state index is 13.9. The first-order chi connectivity index (χ1) is 9.88. The number of amides is 1. The Morgan fingerprint density at radius 2 is 1.95 bits per heavy atom. The van der Waals surface area contributed by atoms with Crippen LogP contribution in [0.3, 0.4) is 0 Å². The second kappa shape index (κ2) is 5.95. The van der Waals surface area contributed by atoms with E-state index in [-0.39, 0.29) is 11.6 Å². The Hall–Kier alpha value is -2.36. The Morgan fingerprint density at radius 1 is 1.24 bits per heavy atom. The van der Waals surface area contributed by atoms with Gasteiger partial charge in [0.25, 0.3) is 0 Å². The lowest BCUT2D eigenvalue weighted by molar-refractivity contribution is 0.1000. The zero-order chi connectivity index (χ0) is 15.6. The quantitative estimate of drug-likeness (QED) is 0.900. The van der Waals surface area contributed by atoms with Crippen LogP contribution in [0.4, 0.5) is 10.1 Å². The molecule has 3 N–H and O–H groups in total. The van der Waals surface area contributed by atoms with Gasteiger partial charge in [-0.15, -0.1) is 0 Å². The summed E-state index contributed by atoms with van der Waals surface area (Å²) < 4.78 is 13.9. The molecule has 1 atom stereocenters. The van der Waals surface area contributed by atoms with Gasteiger partial charge in [-0.05, 0) is 38.5 Å². The molecule has 0 aliphatic heterocycles. The zero-order valence-corrected chi connectivity index (χ0v) is 12.4. The predicted octanol–water partition coefficient (Wildman–Crippen LogP) is 3.71. The van der Waals surface area contributed by atoms with Crippen molar-refractivity contribution in [3.8, 4) is 0 Å². The normalized spacial score (nSPS) is 12.0. The van der Waals surface area contributed by atoms with Crippen LogP contribution in [-0.2, 0) is 0 Å². The number of hydrogen-bond donors (Lipinski definition) is 2. The van der Waals surface area contributed by atoms with E-state index in [9.17, 15) is 9.18 Å². The number of anilines is 1. The number of halogens is 1. The standard InChI is InChI=1S/C17H19FN2O/c1-10-5-4-6-13(7-10)12(3)20-16-9-14(17(19)21)8-15(18)11(16)2/h4-9,12,20H,1-3H3,(H2,19,21). The molecule has 0 aliphatic carbocycles. The Morgan fingerprint density at radius 3 is 2.57 bits per heavy atom. The minimum Gasteiger partial charge on any atom is -0.378 e. The lowest BCUT2D eigenvalue weighted by atomic mass is 10.0. The SMILES string of the molecule is Cc1cccc(C(C)Nc2cc(C(N)=O)cc(F)c2C)c1. The zero-order valence-electron chi connectivity index (χ0n) is 12.4. The van der Waals surface area contributed by atoms with Crippen LogP contribution >= 0.6 is 0 Å². The van der Waals surface area contributed by atoms with Gasteiger partial charge in [0.1, 0.15) is 5.82 Å². The topological polar surface area (TPSA) is 55.1 Å². The lowest BCUT2D eigenvalue weighted by Crippen LogP contribution is -2.14. The fraction of sp³-hybridized carbons (Fsp3) is 0.235. The van der Waals surface area contributed by atoms with E-state index in [1.807, 2.05) is 32.0 Å². The van der Waals surface area contributed by atoms with E-state index in [1.165, 1.54) is 6.07 Å². The van der Waals surface area contributed by atoms with Crippen LogP contribution in [-0.4, -0.2) is 5.91 Å². The predicted molar refractivity (Wildman–Crippen MR) is 82.9 cm³/mol. The summed E-state index contributed by atoms with van der Waals surface area (Å²) in [7, 11) is 0. The highest BCUT2D eigenvalue weighted by Crippen LogP contribution is 2.25. The molecule has 0 aliphatic rings. The molecule has 1 amide bonds. The van der Waals surface area contributed by atoms with E-state index in [0.29, 0.717) is 11.3 Å². The molecular weight excluding hydrogens is 267 g/mol. The van der Waals surface area contributed by atoms with Crippen LogP contribution in [0.25, 0.3) is 0 Å². The minimum absolute atomic E-state index is 0.00822. The molecule has 1 unspecified atom stereocenters. The number of nitrogens with one attached hydrogen (secondary N) is 1. The number of nitrogens with two attached hydrogens (primary N) is 1. The van der Waals surface area contributed by atoms with Crippen LogP contribution in [0.5, 0.6) is 0 Å². The van der Waals surface area contributed by atoms with E-state index in [2.05, 4.69) is 11.4 Å². The number of hydrogen-bond acceptors (Lipinski definition) is 2. The number of carbonyl (C=O) groups is 1. The molecule has 0 spiro atoms. The van der Waals surface area contributed by atoms with Gasteiger partial charge in [-0.1, -0.05) is 29.8 Å². The van der Waals surface area contributed by atoms with Crippen molar-refractivity contribution in [3.05, 3.63) is 64.5 Å². The first kappa shape index (κ1) is 15.0. The smallest absolute Gasteiger partial charge is 0.248 e. The van der Waals surface area contributed by atoms with Crippen LogP contribution in [0, 0.1) is 19.7 Å². The molecule has 110 valence electrons. The number of aryl methyl sites for hydroxylation is 1. The Bertz CT molecular complexity index is 682. The molecule has 21 heavy (non-hydrogen) atoms. The van der Waals surface area contributed by atoms with Crippen molar-refractivity contribution in [1.29, 1.82) is 0 Å². The highest BCUT2D eigenvalue weighted by atomic mass is 19.1. The second-order valence-corrected chi connectivity index (χ2v) is 5.28. The van der Waals surface area contributed by atoms with Gasteiger partial charge in [-0.25, -0.2) is 4.39 Å². The molecule has 2 aromatic carbocycles. The van der Waals surface area contributed by atoms with Crippen molar-refractivity contribution in [3.63, 3.8) is 0 Å². The largest absolute Gasteiger partial charge is 0.378 e. The molecule has 0 saturated heterocycles. The molecule has 0 fully saturated rings. The molecule has 0 radical (unpaired) electrons. The summed E-state index contributed by atoms with van der Waals surface area (Å²) in [6, 6.07) is 10.8. The van der Waals surface area contributed by atoms with Gasteiger partial charge in [0.15, 0.2) is 0 Å². The molecule has 0 bridgehead atoms. The summed E-state index contributed by atoms with van der Waals surface area (Å²) >= 11 is 0. The van der Waals surface area contributed by atoms with Crippen molar-refractivity contribution in [1.82, 2.24) is 0 Å². The van der Waals surface area contributed by atoms with Gasteiger partial charge >= 0.3 is 0 Å². The molecule has 3 nitrogen and oxygen atoms in total. The molecule has 2 rings (SSSR count). The second-order valence-electron chi connectivity index (χ2n) is 5.28. The van der Waals surface area contributed by atoms with Gasteiger partial charge in [-0.3, -0.25) is 4.79 Å². The van der Waals surface area contributed by atoms with E-state index < -0.39 is 11.7 Å². The lowest BCUT2D eigenvalue weighted by Gasteiger charge is -2.19. The maximum Gasteiger partial charge on any atom is 0.248 e.